The molecule has 1 saturated heterocycles. The van der Waals surface area contributed by atoms with Crippen LogP contribution in [0.4, 0.5) is 4.79 Å². The van der Waals surface area contributed by atoms with E-state index in [9.17, 15) is 4.79 Å². The number of hydrogen-bond acceptors (Lipinski definition) is 4. The highest BCUT2D eigenvalue weighted by molar-refractivity contribution is 5.69. The number of likely N-dealkylation sites (tertiary alicyclic amines) is 1. The second kappa shape index (κ2) is 6.31. The van der Waals surface area contributed by atoms with E-state index < -0.39 is 5.60 Å². The van der Waals surface area contributed by atoms with Gasteiger partial charge >= 0.3 is 6.09 Å². The van der Waals surface area contributed by atoms with Crippen molar-refractivity contribution in [1.29, 1.82) is 0 Å². The van der Waals surface area contributed by atoms with Crippen LogP contribution in [0.2, 0.25) is 0 Å². The molecule has 1 fully saturated rings. The van der Waals surface area contributed by atoms with E-state index in [1.54, 1.807) is 4.90 Å². The molecule has 0 radical (unpaired) electrons. The number of aliphatic hydroxyl groups excluding tert-OH is 1. The molecule has 0 saturated carbocycles. The number of aliphatic hydroxyl groups is 1. The molecule has 5 heteroatoms. The van der Waals surface area contributed by atoms with E-state index in [-0.39, 0.29) is 24.2 Å². The van der Waals surface area contributed by atoms with Crippen LogP contribution >= 0.6 is 0 Å². The van der Waals surface area contributed by atoms with Gasteiger partial charge in [-0.25, -0.2) is 4.79 Å². The van der Waals surface area contributed by atoms with Gasteiger partial charge in [-0.15, -0.1) is 0 Å². The minimum atomic E-state index is -0.444. The summed E-state index contributed by atoms with van der Waals surface area (Å²) in [5.41, 5.74) is -0.352. The van der Waals surface area contributed by atoms with Crippen molar-refractivity contribution < 1.29 is 14.6 Å². The summed E-state index contributed by atoms with van der Waals surface area (Å²) in [4.78, 5) is 13.5. The third-order valence-corrected chi connectivity index (χ3v) is 3.43. The SMILES string of the molecule is CC(C)(C)OC(=O)N1CC(NC(CCO)C(C)(C)C)C1. The Morgan fingerprint density at radius 3 is 2.25 bits per heavy atom. The molecule has 20 heavy (non-hydrogen) atoms. The van der Waals surface area contributed by atoms with Gasteiger partial charge in [0.05, 0.1) is 0 Å². The fourth-order valence-electron chi connectivity index (χ4n) is 2.24. The smallest absolute Gasteiger partial charge is 0.410 e. The molecule has 0 aliphatic carbocycles. The number of rotatable bonds is 4. The molecule has 0 bridgehead atoms. The number of hydrogen-bond donors (Lipinski definition) is 2. The molecule has 2 N–H and O–H groups in total. The summed E-state index contributed by atoms with van der Waals surface area (Å²) in [6.45, 7) is 13.6. The van der Waals surface area contributed by atoms with E-state index in [0.29, 0.717) is 19.1 Å². The molecular formula is C15H30N2O3. The molecule has 118 valence electrons. The summed E-state index contributed by atoms with van der Waals surface area (Å²) in [6, 6.07) is 0.538. The van der Waals surface area contributed by atoms with Gasteiger partial charge in [-0.3, -0.25) is 0 Å². The van der Waals surface area contributed by atoms with Crippen LogP contribution in [-0.2, 0) is 4.74 Å². The zero-order valence-electron chi connectivity index (χ0n) is 13.7. The first-order chi connectivity index (χ1) is 9.03. The number of nitrogens with one attached hydrogen (secondary N) is 1. The number of carbonyl (C=O) groups excluding carboxylic acids is 1. The first-order valence-electron chi connectivity index (χ1n) is 7.38. The molecule has 1 heterocycles. The van der Waals surface area contributed by atoms with Crippen LogP contribution in [0, 0.1) is 5.41 Å². The quantitative estimate of drug-likeness (QED) is 0.829. The zero-order valence-corrected chi connectivity index (χ0v) is 13.7. The highest BCUT2D eigenvalue weighted by atomic mass is 16.6. The lowest BCUT2D eigenvalue weighted by atomic mass is 9.84. The Hall–Kier alpha value is -0.810. The van der Waals surface area contributed by atoms with E-state index in [2.05, 4.69) is 26.1 Å². The van der Waals surface area contributed by atoms with Crippen molar-refractivity contribution in [2.75, 3.05) is 19.7 Å². The summed E-state index contributed by atoms with van der Waals surface area (Å²) >= 11 is 0. The van der Waals surface area contributed by atoms with E-state index in [4.69, 9.17) is 9.84 Å². The topological polar surface area (TPSA) is 61.8 Å². The lowest BCUT2D eigenvalue weighted by molar-refractivity contribution is 0.00178. The van der Waals surface area contributed by atoms with Gasteiger partial charge in [0.15, 0.2) is 0 Å². The largest absolute Gasteiger partial charge is 0.444 e. The molecule has 1 amide bonds. The summed E-state index contributed by atoms with van der Waals surface area (Å²) in [5.74, 6) is 0. The number of nitrogens with zero attached hydrogens (tertiary/aromatic N) is 1. The first-order valence-corrected chi connectivity index (χ1v) is 7.38. The van der Waals surface area contributed by atoms with E-state index >= 15 is 0 Å². The maximum atomic E-state index is 11.8. The van der Waals surface area contributed by atoms with Gasteiger partial charge in [0.2, 0.25) is 0 Å². The summed E-state index contributed by atoms with van der Waals surface area (Å²) < 4.78 is 5.33. The molecule has 0 aromatic rings. The van der Waals surface area contributed by atoms with Crippen molar-refractivity contribution >= 4 is 6.09 Å². The zero-order chi connectivity index (χ0) is 15.6. The maximum absolute atomic E-state index is 11.8. The van der Waals surface area contributed by atoms with Gasteiger partial charge in [0.1, 0.15) is 5.60 Å². The molecule has 1 unspecified atom stereocenters. The maximum Gasteiger partial charge on any atom is 0.410 e. The normalized spacial score (nSPS) is 18.6. The minimum Gasteiger partial charge on any atom is -0.444 e. The molecule has 0 spiro atoms. The number of amides is 1. The van der Waals surface area contributed by atoms with Crippen molar-refractivity contribution in [2.45, 2.75) is 65.6 Å². The molecule has 1 atom stereocenters. The Kier molecular flexibility index (Phi) is 5.44. The lowest BCUT2D eigenvalue weighted by Crippen LogP contribution is -2.63. The Labute approximate surface area is 122 Å². The Bertz CT molecular complexity index is 325. The van der Waals surface area contributed by atoms with Crippen LogP contribution in [-0.4, -0.2) is 53.5 Å². The van der Waals surface area contributed by atoms with Crippen LogP contribution in [0.5, 0.6) is 0 Å². The summed E-state index contributed by atoms with van der Waals surface area (Å²) in [7, 11) is 0. The Balaban J connectivity index is 2.39. The van der Waals surface area contributed by atoms with Gasteiger partial charge in [-0.2, -0.15) is 0 Å². The number of carbonyl (C=O) groups is 1. The fraction of sp³-hybridized carbons (Fsp3) is 0.933. The van der Waals surface area contributed by atoms with Crippen molar-refractivity contribution in [3.63, 3.8) is 0 Å². The van der Waals surface area contributed by atoms with Crippen LogP contribution < -0.4 is 5.32 Å². The van der Waals surface area contributed by atoms with E-state index in [1.165, 1.54) is 0 Å². The molecule has 1 aliphatic rings. The molecule has 0 aromatic heterocycles. The predicted octanol–water partition coefficient (Wildman–Crippen LogP) is 1.99. The monoisotopic (exact) mass is 286 g/mol. The van der Waals surface area contributed by atoms with E-state index in [1.807, 2.05) is 20.8 Å². The second-order valence-electron chi connectivity index (χ2n) is 7.68. The third kappa shape index (κ3) is 5.29. The fourth-order valence-corrected chi connectivity index (χ4v) is 2.24. The van der Waals surface area contributed by atoms with Crippen molar-refractivity contribution in [2.24, 2.45) is 5.41 Å². The molecule has 1 aliphatic heterocycles. The van der Waals surface area contributed by atoms with Gasteiger partial charge in [-0.1, -0.05) is 20.8 Å². The number of ether oxygens (including phenoxy) is 1. The summed E-state index contributed by atoms with van der Waals surface area (Å²) in [5, 5.41) is 12.7. The average Bonchev–Trinajstić information content (AvgIpc) is 2.16. The molecule has 0 aromatic carbocycles. The van der Waals surface area contributed by atoms with Crippen LogP contribution in [0.3, 0.4) is 0 Å². The average molecular weight is 286 g/mol. The highest BCUT2D eigenvalue weighted by Crippen LogP contribution is 2.24. The van der Waals surface area contributed by atoms with Crippen LogP contribution in [0.25, 0.3) is 0 Å². The van der Waals surface area contributed by atoms with Crippen LogP contribution in [0.1, 0.15) is 48.0 Å². The lowest BCUT2D eigenvalue weighted by Gasteiger charge is -2.44. The van der Waals surface area contributed by atoms with Gasteiger partial charge < -0.3 is 20.1 Å². The van der Waals surface area contributed by atoms with Crippen molar-refractivity contribution in [3.05, 3.63) is 0 Å². The third-order valence-electron chi connectivity index (χ3n) is 3.43. The first kappa shape index (κ1) is 17.2. The second-order valence-corrected chi connectivity index (χ2v) is 7.68. The summed E-state index contributed by atoms with van der Waals surface area (Å²) in [6.07, 6.45) is 0.483. The predicted molar refractivity (Wildman–Crippen MR) is 79.7 cm³/mol. The molecular weight excluding hydrogens is 256 g/mol. The highest BCUT2D eigenvalue weighted by Gasteiger charge is 2.36. The van der Waals surface area contributed by atoms with Crippen molar-refractivity contribution in [1.82, 2.24) is 10.2 Å². The van der Waals surface area contributed by atoms with Crippen LogP contribution in [0.15, 0.2) is 0 Å². The standard InChI is InChI=1S/C15H30N2O3/c1-14(2,3)12(7-8-18)16-11-9-17(10-11)13(19)20-15(4,5)6/h11-12,16,18H,7-10H2,1-6H3. The van der Waals surface area contributed by atoms with Crippen molar-refractivity contribution in [3.8, 4) is 0 Å². The van der Waals surface area contributed by atoms with Gasteiger partial charge in [0.25, 0.3) is 0 Å². The molecule has 1 rings (SSSR count). The molecule has 5 nitrogen and oxygen atoms in total. The Morgan fingerprint density at radius 2 is 1.85 bits per heavy atom. The Morgan fingerprint density at radius 1 is 1.30 bits per heavy atom. The minimum absolute atomic E-state index is 0.0923. The van der Waals surface area contributed by atoms with Gasteiger partial charge in [-0.05, 0) is 32.6 Å². The van der Waals surface area contributed by atoms with E-state index in [0.717, 1.165) is 6.42 Å². The van der Waals surface area contributed by atoms with Gasteiger partial charge in [0, 0.05) is 31.8 Å².